The number of aryl methyl sites for hydroxylation is 2. The van der Waals surface area contributed by atoms with Crippen LogP contribution in [0.25, 0.3) is 5.65 Å². The van der Waals surface area contributed by atoms with E-state index >= 15 is 0 Å². The van der Waals surface area contributed by atoms with Crippen LogP contribution in [0.15, 0.2) is 47.1 Å². The average Bonchev–Trinajstić information content (AvgIpc) is 2.88. The van der Waals surface area contributed by atoms with Crippen molar-refractivity contribution in [3.05, 3.63) is 69.6 Å². The first kappa shape index (κ1) is 16.4. The highest BCUT2D eigenvalue weighted by atomic mass is 79.9. The fourth-order valence-corrected chi connectivity index (χ4v) is 2.74. The third kappa shape index (κ3) is 3.23. The number of Topliss-reactive ketones (excluding diaryl/α,β-unsaturated/α-hetero) is 1. The van der Waals surface area contributed by atoms with E-state index in [1.807, 2.05) is 25.1 Å². The van der Waals surface area contributed by atoms with Crippen LogP contribution in [0.5, 0.6) is 0 Å². The first-order valence-corrected chi connectivity index (χ1v) is 8.16. The highest BCUT2D eigenvalue weighted by molar-refractivity contribution is 9.10. The molecule has 3 aromatic rings. The Morgan fingerprint density at radius 3 is 2.54 bits per heavy atom. The van der Waals surface area contributed by atoms with E-state index in [4.69, 9.17) is 4.74 Å². The van der Waals surface area contributed by atoms with E-state index in [0.717, 1.165) is 10.0 Å². The number of rotatable bonds is 4. The Bertz CT molecular complexity index is 929. The molecule has 5 nitrogen and oxygen atoms in total. The minimum Gasteiger partial charge on any atom is -0.453 e. The summed E-state index contributed by atoms with van der Waals surface area (Å²) in [4.78, 5) is 28.8. The van der Waals surface area contributed by atoms with Crippen molar-refractivity contribution in [3.63, 3.8) is 0 Å². The molecule has 0 aliphatic rings. The second kappa shape index (κ2) is 6.57. The van der Waals surface area contributed by atoms with Crippen LogP contribution in [0.4, 0.5) is 0 Å². The Hall–Kier alpha value is -2.47. The van der Waals surface area contributed by atoms with Crippen molar-refractivity contribution in [2.24, 2.45) is 0 Å². The highest BCUT2D eigenvalue weighted by Crippen LogP contribution is 2.17. The molecule has 6 heteroatoms. The predicted molar refractivity (Wildman–Crippen MR) is 93.4 cm³/mol. The molecule has 1 aromatic carbocycles. The average molecular weight is 387 g/mol. The summed E-state index contributed by atoms with van der Waals surface area (Å²) in [5.74, 6) is -0.811. The minimum absolute atomic E-state index is 0.240. The summed E-state index contributed by atoms with van der Waals surface area (Å²) in [6.45, 7) is 3.38. The van der Waals surface area contributed by atoms with Crippen LogP contribution < -0.4 is 0 Å². The number of pyridine rings is 1. The number of imidazole rings is 1. The largest absolute Gasteiger partial charge is 0.453 e. The molecule has 0 saturated heterocycles. The first-order valence-electron chi connectivity index (χ1n) is 7.37. The zero-order valence-electron chi connectivity index (χ0n) is 13.2. The van der Waals surface area contributed by atoms with E-state index in [0.29, 0.717) is 22.6 Å². The standard InChI is InChI=1S/C18H15BrN2O3/c1-11-3-5-13(6-4-11)15(22)10-24-18(23)17-12(2)20-16-8-7-14(19)9-21(16)17/h3-9H,10H2,1-2H3. The molecule has 0 aliphatic carbocycles. The van der Waals surface area contributed by atoms with E-state index in [9.17, 15) is 9.59 Å². The van der Waals surface area contributed by atoms with Crippen molar-refractivity contribution in [3.8, 4) is 0 Å². The smallest absolute Gasteiger partial charge is 0.357 e. The van der Waals surface area contributed by atoms with Crippen LogP contribution in [0.3, 0.4) is 0 Å². The van der Waals surface area contributed by atoms with E-state index in [1.165, 1.54) is 0 Å². The van der Waals surface area contributed by atoms with Gasteiger partial charge in [0.15, 0.2) is 18.1 Å². The molecule has 0 radical (unpaired) electrons. The van der Waals surface area contributed by atoms with Gasteiger partial charge in [-0.15, -0.1) is 0 Å². The van der Waals surface area contributed by atoms with Crippen LogP contribution in [-0.2, 0) is 4.74 Å². The number of halogens is 1. The van der Waals surface area contributed by atoms with Gasteiger partial charge in [-0.3, -0.25) is 9.20 Å². The Morgan fingerprint density at radius 2 is 1.83 bits per heavy atom. The van der Waals surface area contributed by atoms with Crippen molar-refractivity contribution < 1.29 is 14.3 Å². The van der Waals surface area contributed by atoms with Gasteiger partial charge in [0.1, 0.15) is 5.65 Å². The minimum atomic E-state index is -0.571. The van der Waals surface area contributed by atoms with E-state index in [2.05, 4.69) is 20.9 Å². The fraction of sp³-hybridized carbons (Fsp3) is 0.167. The number of benzene rings is 1. The predicted octanol–water partition coefficient (Wildman–Crippen LogP) is 3.75. The maximum atomic E-state index is 12.4. The lowest BCUT2D eigenvalue weighted by Crippen LogP contribution is -2.16. The quantitative estimate of drug-likeness (QED) is 0.505. The first-order chi connectivity index (χ1) is 11.5. The van der Waals surface area contributed by atoms with Crippen molar-refractivity contribution in [2.45, 2.75) is 13.8 Å². The van der Waals surface area contributed by atoms with Gasteiger partial charge in [0.25, 0.3) is 0 Å². The number of ether oxygens (including phenoxy) is 1. The molecule has 122 valence electrons. The number of fused-ring (bicyclic) bond motifs is 1. The second-order valence-corrected chi connectivity index (χ2v) is 6.40. The van der Waals surface area contributed by atoms with E-state index in [-0.39, 0.29) is 12.4 Å². The highest BCUT2D eigenvalue weighted by Gasteiger charge is 2.19. The van der Waals surface area contributed by atoms with Gasteiger partial charge >= 0.3 is 5.97 Å². The third-order valence-corrected chi connectivity index (χ3v) is 4.13. The lowest BCUT2D eigenvalue weighted by Gasteiger charge is -2.06. The molecule has 0 atom stereocenters. The molecular weight excluding hydrogens is 372 g/mol. The lowest BCUT2D eigenvalue weighted by molar-refractivity contribution is 0.0467. The number of hydrogen-bond acceptors (Lipinski definition) is 4. The van der Waals surface area contributed by atoms with Crippen molar-refractivity contribution >= 4 is 33.3 Å². The Labute approximate surface area is 147 Å². The monoisotopic (exact) mass is 386 g/mol. The number of nitrogens with zero attached hydrogens (tertiary/aromatic N) is 2. The van der Waals surface area contributed by atoms with E-state index in [1.54, 1.807) is 35.7 Å². The van der Waals surface area contributed by atoms with E-state index < -0.39 is 5.97 Å². The Morgan fingerprint density at radius 1 is 1.12 bits per heavy atom. The summed E-state index contributed by atoms with van der Waals surface area (Å²) in [6, 6.07) is 10.8. The normalized spacial score (nSPS) is 10.8. The van der Waals surface area contributed by atoms with Gasteiger partial charge < -0.3 is 4.74 Å². The third-order valence-electron chi connectivity index (χ3n) is 3.66. The van der Waals surface area contributed by atoms with Crippen LogP contribution in [0.1, 0.15) is 32.1 Å². The Kier molecular flexibility index (Phi) is 4.49. The number of aromatic nitrogens is 2. The molecule has 0 saturated carbocycles. The summed E-state index contributed by atoms with van der Waals surface area (Å²) in [5.41, 5.74) is 3.11. The van der Waals surface area contributed by atoms with Crippen LogP contribution in [0, 0.1) is 13.8 Å². The molecule has 2 heterocycles. The van der Waals surface area contributed by atoms with Gasteiger partial charge in [-0.25, -0.2) is 9.78 Å². The SMILES string of the molecule is Cc1ccc(C(=O)COC(=O)c2c(C)nc3ccc(Br)cn23)cc1. The fourth-order valence-electron chi connectivity index (χ4n) is 2.40. The molecule has 2 aromatic heterocycles. The van der Waals surface area contributed by atoms with Gasteiger partial charge in [-0.2, -0.15) is 0 Å². The molecule has 0 unspecified atom stereocenters. The lowest BCUT2D eigenvalue weighted by atomic mass is 10.1. The van der Waals surface area contributed by atoms with Gasteiger partial charge in [0.05, 0.1) is 5.69 Å². The number of carbonyl (C=O) groups is 2. The molecular formula is C18H15BrN2O3. The number of hydrogen-bond donors (Lipinski definition) is 0. The zero-order chi connectivity index (χ0) is 17.3. The molecule has 0 amide bonds. The molecule has 0 spiro atoms. The molecule has 0 bridgehead atoms. The van der Waals surface area contributed by atoms with Gasteiger partial charge in [-0.05, 0) is 41.9 Å². The number of carbonyl (C=O) groups excluding carboxylic acids is 2. The topological polar surface area (TPSA) is 60.7 Å². The molecule has 0 aliphatic heterocycles. The number of ketones is 1. The molecule has 0 N–H and O–H groups in total. The second-order valence-electron chi connectivity index (χ2n) is 5.49. The van der Waals surface area contributed by atoms with Gasteiger partial charge in [-0.1, -0.05) is 29.8 Å². The summed E-state index contributed by atoms with van der Waals surface area (Å²) in [7, 11) is 0. The zero-order valence-corrected chi connectivity index (χ0v) is 14.8. The number of esters is 1. The van der Waals surface area contributed by atoms with Crippen molar-refractivity contribution in [2.75, 3.05) is 6.61 Å². The molecule has 3 rings (SSSR count). The maximum absolute atomic E-state index is 12.4. The molecule has 24 heavy (non-hydrogen) atoms. The summed E-state index contributed by atoms with van der Waals surface area (Å²) in [6.07, 6.45) is 1.74. The van der Waals surface area contributed by atoms with Gasteiger partial charge in [0.2, 0.25) is 0 Å². The summed E-state index contributed by atoms with van der Waals surface area (Å²) < 4.78 is 7.66. The maximum Gasteiger partial charge on any atom is 0.357 e. The van der Waals surface area contributed by atoms with Crippen LogP contribution >= 0.6 is 15.9 Å². The van der Waals surface area contributed by atoms with Crippen molar-refractivity contribution in [1.29, 1.82) is 0 Å². The van der Waals surface area contributed by atoms with Crippen LogP contribution in [0.2, 0.25) is 0 Å². The summed E-state index contributed by atoms with van der Waals surface area (Å²) in [5, 5.41) is 0. The Balaban J connectivity index is 1.78. The van der Waals surface area contributed by atoms with Gasteiger partial charge in [0, 0.05) is 16.2 Å². The van der Waals surface area contributed by atoms with Crippen LogP contribution in [-0.4, -0.2) is 27.7 Å². The molecule has 0 fully saturated rings. The van der Waals surface area contributed by atoms with Crippen molar-refractivity contribution in [1.82, 2.24) is 9.38 Å². The summed E-state index contributed by atoms with van der Waals surface area (Å²) >= 11 is 3.37.